The van der Waals surface area contributed by atoms with Gasteiger partial charge in [-0.25, -0.2) is 4.98 Å². The van der Waals surface area contributed by atoms with Crippen molar-refractivity contribution in [1.82, 2.24) is 10.3 Å². The van der Waals surface area contributed by atoms with Crippen molar-refractivity contribution in [2.45, 2.75) is 12.8 Å². The van der Waals surface area contributed by atoms with E-state index >= 15 is 0 Å². The number of carbonyl (C=O) groups is 1. The first kappa shape index (κ1) is 15.5. The van der Waals surface area contributed by atoms with Crippen LogP contribution in [0.25, 0.3) is 0 Å². The van der Waals surface area contributed by atoms with Crippen molar-refractivity contribution in [3.63, 3.8) is 0 Å². The number of hydrogen-bond acceptors (Lipinski definition) is 3. The fourth-order valence-corrected chi connectivity index (χ4v) is 2.38. The summed E-state index contributed by atoms with van der Waals surface area (Å²) in [6.45, 7) is 0.642. The van der Waals surface area contributed by atoms with Crippen LogP contribution in [0.5, 0.6) is 0 Å². The molecule has 0 spiro atoms. The number of anilines is 1. The van der Waals surface area contributed by atoms with E-state index < -0.39 is 0 Å². The molecule has 0 aliphatic rings. The first-order valence-electron chi connectivity index (χ1n) is 6.86. The van der Waals surface area contributed by atoms with E-state index in [4.69, 9.17) is 0 Å². The predicted molar refractivity (Wildman–Crippen MR) is 88.6 cm³/mol. The van der Waals surface area contributed by atoms with E-state index in [2.05, 4.69) is 43.7 Å². The number of nitrogens with zero attached hydrogens (tertiary/aromatic N) is 1. The first-order chi connectivity index (χ1) is 10.2. The molecule has 2 rings (SSSR count). The van der Waals surface area contributed by atoms with Crippen molar-refractivity contribution in [2.75, 3.05) is 18.9 Å². The molecule has 0 radical (unpaired) electrons. The van der Waals surface area contributed by atoms with E-state index in [1.807, 2.05) is 18.2 Å². The molecule has 21 heavy (non-hydrogen) atoms. The molecule has 0 saturated heterocycles. The second-order valence-electron chi connectivity index (χ2n) is 4.64. The van der Waals surface area contributed by atoms with Gasteiger partial charge in [-0.2, -0.15) is 0 Å². The van der Waals surface area contributed by atoms with E-state index in [1.165, 1.54) is 5.56 Å². The summed E-state index contributed by atoms with van der Waals surface area (Å²) < 4.78 is 0.788. The third kappa shape index (κ3) is 4.56. The molecule has 0 aliphatic heterocycles. The number of aryl methyl sites for hydroxylation is 1. The number of nitrogens with one attached hydrogen (secondary N) is 2. The molecule has 5 heteroatoms. The molecule has 0 aliphatic carbocycles. The van der Waals surface area contributed by atoms with Crippen LogP contribution in [0, 0.1) is 0 Å². The van der Waals surface area contributed by atoms with Gasteiger partial charge in [0.05, 0.1) is 5.56 Å². The van der Waals surface area contributed by atoms with Crippen LogP contribution in [0.4, 0.5) is 5.82 Å². The maximum atomic E-state index is 12.2. The van der Waals surface area contributed by atoms with Crippen LogP contribution in [0.3, 0.4) is 0 Å². The van der Waals surface area contributed by atoms with Crippen molar-refractivity contribution in [1.29, 1.82) is 0 Å². The Morgan fingerprint density at radius 1 is 1.29 bits per heavy atom. The van der Waals surface area contributed by atoms with Crippen LogP contribution >= 0.6 is 15.9 Å². The van der Waals surface area contributed by atoms with Gasteiger partial charge in [-0.3, -0.25) is 4.79 Å². The molecule has 0 atom stereocenters. The minimum absolute atomic E-state index is 0.110. The normalized spacial score (nSPS) is 10.2. The third-order valence-corrected chi connectivity index (χ3v) is 3.54. The van der Waals surface area contributed by atoms with Gasteiger partial charge in [-0.1, -0.05) is 30.3 Å². The van der Waals surface area contributed by atoms with Crippen LogP contribution < -0.4 is 10.6 Å². The smallest absolute Gasteiger partial charge is 0.255 e. The second kappa shape index (κ2) is 7.78. The van der Waals surface area contributed by atoms with Gasteiger partial charge < -0.3 is 10.6 Å². The summed E-state index contributed by atoms with van der Waals surface area (Å²) in [5, 5.41) is 5.86. The zero-order valence-corrected chi connectivity index (χ0v) is 13.5. The average molecular weight is 348 g/mol. The second-order valence-corrected chi connectivity index (χ2v) is 5.56. The topological polar surface area (TPSA) is 54.0 Å². The first-order valence-corrected chi connectivity index (χ1v) is 7.65. The quantitative estimate of drug-likeness (QED) is 0.788. The highest BCUT2D eigenvalue weighted by Gasteiger charge is 2.11. The summed E-state index contributed by atoms with van der Waals surface area (Å²) in [6.07, 6.45) is 3.53. The molecule has 0 fully saturated rings. The van der Waals surface area contributed by atoms with E-state index in [0.717, 1.165) is 17.3 Å². The minimum atomic E-state index is -0.110. The Balaban J connectivity index is 1.86. The lowest BCUT2D eigenvalue weighted by Gasteiger charge is -2.09. The van der Waals surface area contributed by atoms with Crippen LogP contribution in [0.2, 0.25) is 0 Å². The lowest BCUT2D eigenvalue weighted by atomic mass is 10.1. The van der Waals surface area contributed by atoms with Gasteiger partial charge in [0, 0.05) is 24.3 Å². The van der Waals surface area contributed by atoms with Gasteiger partial charge >= 0.3 is 0 Å². The maximum absolute atomic E-state index is 12.2. The number of hydrogen-bond donors (Lipinski definition) is 2. The fourth-order valence-electron chi connectivity index (χ4n) is 2.05. The molecule has 4 nitrogen and oxygen atoms in total. The Bertz CT molecular complexity index is 602. The lowest BCUT2D eigenvalue weighted by molar-refractivity contribution is 0.0953. The van der Waals surface area contributed by atoms with Crippen molar-refractivity contribution in [2.24, 2.45) is 0 Å². The zero-order valence-electron chi connectivity index (χ0n) is 11.9. The summed E-state index contributed by atoms with van der Waals surface area (Å²) in [6, 6.07) is 12.0. The van der Waals surface area contributed by atoms with Crippen LogP contribution in [0.1, 0.15) is 22.3 Å². The summed E-state index contributed by atoms with van der Waals surface area (Å²) in [5.41, 5.74) is 1.83. The van der Waals surface area contributed by atoms with Crippen molar-refractivity contribution in [3.05, 3.63) is 58.2 Å². The molecule has 0 saturated carbocycles. The highest BCUT2D eigenvalue weighted by Crippen LogP contribution is 2.17. The molecule has 0 bridgehead atoms. The minimum Gasteiger partial charge on any atom is -0.372 e. The molecule has 1 heterocycles. The summed E-state index contributed by atoms with van der Waals surface area (Å²) in [7, 11) is 1.75. The summed E-state index contributed by atoms with van der Waals surface area (Å²) >= 11 is 3.34. The molecule has 1 aromatic heterocycles. The standard InChI is InChI=1S/C16H18BrN3O/c1-18-15-14(10-13(17)11-20-15)16(21)19-9-5-8-12-6-3-2-4-7-12/h2-4,6-7,10-11H,5,8-9H2,1H3,(H,18,20)(H,19,21). The van der Waals surface area contributed by atoms with Crippen LogP contribution in [-0.2, 0) is 6.42 Å². The van der Waals surface area contributed by atoms with Gasteiger partial charge in [0.25, 0.3) is 5.91 Å². The van der Waals surface area contributed by atoms with Crippen molar-refractivity contribution < 1.29 is 4.79 Å². The number of carbonyl (C=O) groups excluding carboxylic acids is 1. The Kier molecular flexibility index (Phi) is 5.75. The number of aromatic nitrogens is 1. The largest absolute Gasteiger partial charge is 0.372 e. The lowest BCUT2D eigenvalue weighted by Crippen LogP contribution is -2.26. The molecule has 2 N–H and O–H groups in total. The molecular formula is C16H18BrN3O. The van der Waals surface area contributed by atoms with Crippen LogP contribution in [-0.4, -0.2) is 24.5 Å². The van der Waals surface area contributed by atoms with Gasteiger partial charge in [0.2, 0.25) is 0 Å². The fraction of sp³-hybridized carbons (Fsp3) is 0.250. The highest BCUT2D eigenvalue weighted by molar-refractivity contribution is 9.10. The average Bonchev–Trinajstić information content (AvgIpc) is 2.52. The Morgan fingerprint density at radius 2 is 2.05 bits per heavy atom. The Morgan fingerprint density at radius 3 is 2.76 bits per heavy atom. The Hall–Kier alpha value is -1.88. The SMILES string of the molecule is CNc1ncc(Br)cc1C(=O)NCCCc1ccccc1. The van der Waals surface area contributed by atoms with E-state index in [1.54, 1.807) is 19.3 Å². The van der Waals surface area contributed by atoms with Gasteiger partial charge in [-0.15, -0.1) is 0 Å². The number of rotatable bonds is 6. The number of amides is 1. The maximum Gasteiger partial charge on any atom is 0.255 e. The van der Waals surface area contributed by atoms with Gasteiger partial charge in [0.15, 0.2) is 0 Å². The molecule has 1 amide bonds. The number of pyridine rings is 1. The van der Waals surface area contributed by atoms with E-state index in [0.29, 0.717) is 17.9 Å². The molecule has 0 unspecified atom stereocenters. The van der Waals surface area contributed by atoms with E-state index in [9.17, 15) is 4.79 Å². The van der Waals surface area contributed by atoms with Gasteiger partial charge in [0.1, 0.15) is 5.82 Å². The van der Waals surface area contributed by atoms with Crippen molar-refractivity contribution in [3.8, 4) is 0 Å². The van der Waals surface area contributed by atoms with Crippen LogP contribution in [0.15, 0.2) is 47.1 Å². The zero-order chi connectivity index (χ0) is 15.1. The van der Waals surface area contributed by atoms with Crippen molar-refractivity contribution >= 4 is 27.7 Å². The molecule has 2 aromatic rings. The predicted octanol–water partition coefficient (Wildman–Crippen LogP) is 3.25. The molecule has 110 valence electrons. The molecule has 1 aromatic carbocycles. The number of halogens is 1. The highest BCUT2D eigenvalue weighted by atomic mass is 79.9. The van der Waals surface area contributed by atoms with E-state index in [-0.39, 0.29) is 5.91 Å². The summed E-state index contributed by atoms with van der Waals surface area (Å²) in [4.78, 5) is 16.4. The molecular weight excluding hydrogens is 330 g/mol. The van der Waals surface area contributed by atoms with Gasteiger partial charge in [-0.05, 0) is 40.4 Å². The Labute approximate surface area is 133 Å². The number of benzene rings is 1. The third-order valence-electron chi connectivity index (χ3n) is 3.11. The summed E-state index contributed by atoms with van der Waals surface area (Å²) in [5.74, 6) is 0.472. The monoisotopic (exact) mass is 347 g/mol.